The molecule has 0 unspecified atom stereocenters. The van der Waals surface area contributed by atoms with E-state index in [1.807, 2.05) is 18.0 Å². The normalized spacial score (nSPS) is 22.5. The van der Waals surface area contributed by atoms with Crippen molar-refractivity contribution in [2.75, 3.05) is 26.3 Å². The average Bonchev–Trinajstić information content (AvgIpc) is 3.20. The van der Waals surface area contributed by atoms with Crippen LogP contribution >= 0.6 is 0 Å². The highest BCUT2D eigenvalue weighted by Crippen LogP contribution is 2.33. The fourth-order valence-corrected chi connectivity index (χ4v) is 3.11. The number of hydrogen-bond donors (Lipinski definition) is 0. The van der Waals surface area contributed by atoms with Gasteiger partial charge in [-0.15, -0.1) is 0 Å². The van der Waals surface area contributed by atoms with Crippen molar-refractivity contribution in [2.24, 2.45) is 5.92 Å². The van der Waals surface area contributed by atoms with Crippen LogP contribution in [0.25, 0.3) is 0 Å². The van der Waals surface area contributed by atoms with E-state index in [2.05, 4.69) is 15.7 Å². The number of piperidine rings is 1. The molecule has 1 aromatic rings. The third kappa shape index (κ3) is 3.64. The molecule has 0 aromatic carbocycles. The van der Waals surface area contributed by atoms with Crippen LogP contribution in [0.1, 0.15) is 44.3 Å². The van der Waals surface area contributed by atoms with Gasteiger partial charge in [0.05, 0.1) is 0 Å². The summed E-state index contributed by atoms with van der Waals surface area (Å²) in [6.07, 6.45) is 8.87. The van der Waals surface area contributed by atoms with Crippen molar-refractivity contribution in [3.63, 3.8) is 0 Å². The van der Waals surface area contributed by atoms with Gasteiger partial charge in [0.1, 0.15) is 12.4 Å². The second-order valence-corrected chi connectivity index (χ2v) is 6.20. The molecule has 2 aliphatic rings. The average molecular weight is 291 g/mol. The van der Waals surface area contributed by atoms with E-state index in [4.69, 9.17) is 4.74 Å². The summed E-state index contributed by atoms with van der Waals surface area (Å²) in [5.41, 5.74) is 0. The Morgan fingerprint density at radius 3 is 3.05 bits per heavy atom. The third-order valence-corrected chi connectivity index (χ3v) is 4.47. The molecule has 1 saturated heterocycles. The molecule has 0 N–H and O–H groups in total. The molecule has 116 valence electrons. The number of hydrogen-bond acceptors (Lipinski definition) is 3. The van der Waals surface area contributed by atoms with Gasteiger partial charge in [-0.05, 0) is 38.5 Å². The molecule has 1 atom stereocenters. The zero-order valence-electron chi connectivity index (χ0n) is 12.8. The molecule has 1 aromatic heterocycles. The Bertz CT molecular complexity index is 482. The number of nitrogens with zero attached hydrogens (tertiary/aromatic N) is 3. The maximum Gasteiger partial charge on any atom is 0.248 e. The molecule has 21 heavy (non-hydrogen) atoms. The van der Waals surface area contributed by atoms with Gasteiger partial charge in [0.2, 0.25) is 5.91 Å². The van der Waals surface area contributed by atoms with E-state index in [-0.39, 0.29) is 12.5 Å². The first kappa shape index (κ1) is 14.6. The lowest BCUT2D eigenvalue weighted by molar-refractivity contribution is -0.137. The maximum atomic E-state index is 12.1. The molecule has 1 amide bonds. The largest absolute Gasteiger partial charge is 0.372 e. The standard InChI is InChI=1S/C16H25N3O2/c1-2-21-12-15(20)18-8-3-4-14(11-18)16-17-7-9-19(16)10-13-5-6-13/h7,9,13-14H,2-6,8,10-12H2,1H3/t14-/m1/s1. The molecule has 0 spiro atoms. The Balaban J connectivity index is 1.62. The van der Waals surface area contributed by atoms with Crippen LogP contribution in [-0.4, -0.2) is 46.7 Å². The summed E-state index contributed by atoms with van der Waals surface area (Å²) in [7, 11) is 0. The van der Waals surface area contributed by atoms with Crippen molar-refractivity contribution >= 4 is 5.91 Å². The molecule has 3 rings (SSSR count). The molecular formula is C16H25N3O2. The van der Waals surface area contributed by atoms with Gasteiger partial charge in [0, 0.05) is 44.6 Å². The Morgan fingerprint density at radius 2 is 2.29 bits per heavy atom. The number of carbonyl (C=O) groups is 1. The van der Waals surface area contributed by atoms with E-state index in [1.54, 1.807) is 0 Å². The summed E-state index contributed by atoms with van der Waals surface area (Å²) in [5.74, 6) is 2.49. The lowest BCUT2D eigenvalue weighted by atomic mass is 9.97. The molecule has 0 bridgehead atoms. The van der Waals surface area contributed by atoms with Gasteiger partial charge in [-0.1, -0.05) is 0 Å². The minimum atomic E-state index is 0.113. The molecule has 1 saturated carbocycles. The van der Waals surface area contributed by atoms with Gasteiger partial charge in [-0.2, -0.15) is 0 Å². The number of amides is 1. The van der Waals surface area contributed by atoms with Crippen molar-refractivity contribution in [3.05, 3.63) is 18.2 Å². The smallest absolute Gasteiger partial charge is 0.248 e. The lowest BCUT2D eigenvalue weighted by Crippen LogP contribution is -2.41. The van der Waals surface area contributed by atoms with Crippen molar-refractivity contribution < 1.29 is 9.53 Å². The fourth-order valence-electron chi connectivity index (χ4n) is 3.11. The lowest BCUT2D eigenvalue weighted by Gasteiger charge is -2.32. The summed E-state index contributed by atoms with van der Waals surface area (Å²) >= 11 is 0. The molecule has 2 heterocycles. The number of ether oxygens (including phenoxy) is 1. The van der Waals surface area contributed by atoms with E-state index >= 15 is 0 Å². The van der Waals surface area contributed by atoms with Crippen molar-refractivity contribution in [1.29, 1.82) is 0 Å². The predicted molar refractivity (Wildman–Crippen MR) is 80.0 cm³/mol. The highest BCUT2D eigenvalue weighted by molar-refractivity contribution is 5.77. The highest BCUT2D eigenvalue weighted by Gasteiger charge is 2.29. The summed E-state index contributed by atoms with van der Waals surface area (Å²) in [5, 5.41) is 0. The van der Waals surface area contributed by atoms with Gasteiger partial charge >= 0.3 is 0 Å². The molecule has 2 fully saturated rings. The van der Waals surface area contributed by atoms with Crippen LogP contribution in [0.4, 0.5) is 0 Å². The first-order chi connectivity index (χ1) is 10.3. The Morgan fingerprint density at radius 1 is 1.43 bits per heavy atom. The van der Waals surface area contributed by atoms with Gasteiger partial charge in [0.15, 0.2) is 0 Å². The van der Waals surface area contributed by atoms with Crippen molar-refractivity contribution in [3.8, 4) is 0 Å². The van der Waals surface area contributed by atoms with E-state index < -0.39 is 0 Å². The van der Waals surface area contributed by atoms with E-state index in [0.717, 1.165) is 44.2 Å². The molecule has 1 aliphatic carbocycles. The van der Waals surface area contributed by atoms with Crippen LogP contribution in [0.15, 0.2) is 12.4 Å². The molecular weight excluding hydrogens is 266 g/mol. The minimum Gasteiger partial charge on any atom is -0.372 e. The second kappa shape index (κ2) is 6.60. The Labute approximate surface area is 126 Å². The van der Waals surface area contributed by atoms with Crippen LogP contribution in [0, 0.1) is 5.92 Å². The van der Waals surface area contributed by atoms with Crippen molar-refractivity contribution in [1.82, 2.24) is 14.5 Å². The van der Waals surface area contributed by atoms with Gasteiger partial charge < -0.3 is 14.2 Å². The fraction of sp³-hybridized carbons (Fsp3) is 0.750. The Hall–Kier alpha value is -1.36. The molecule has 0 radical (unpaired) electrons. The second-order valence-electron chi connectivity index (χ2n) is 6.20. The number of carbonyl (C=O) groups excluding carboxylic acids is 1. The Kier molecular flexibility index (Phi) is 4.58. The predicted octanol–water partition coefficient (Wildman–Crippen LogP) is 2.04. The van der Waals surface area contributed by atoms with Gasteiger partial charge in [-0.25, -0.2) is 4.98 Å². The third-order valence-electron chi connectivity index (χ3n) is 4.47. The minimum absolute atomic E-state index is 0.113. The van der Waals surface area contributed by atoms with Crippen LogP contribution in [0.5, 0.6) is 0 Å². The first-order valence-electron chi connectivity index (χ1n) is 8.14. The van der Waals surface area contributed by atoms with Crippen molar-refractivity contribution in [2.45, 2.75) is 45.1 Å². The van der Waals surface area contributed by atoms with Crippen LogP contribution in [0.3, 0.4) is 0 Å². The molecule has 5 nitrogen and oxygen atoms in total. The monoisotopic (exact) mass is 291 g/mol. The van der Waals surface area contributed by atoms with Gasteiger partial charge in [0.25, 0.3) is 0 Å². The number of rotatable bonds is 6. The summed E-state index contributed by atoms with van der Waals surface area (Å²) < 4.78 is 7.55. The van der Waals surface area contributed by atoms with Crippen LogP contribution in [-0.2, 0) is 16.1 Å². The summed E-state index contributed by atoms with van der Waals surface area (Å²) in [6, 6.07) is 0. The summed E-state index contributed by atoms with van der Waals surface area (Å²) in [4.78, 5) is 18.6. The number of likely N-dealkylation sites (tertiary alicyclic amines) is 1. The maximum absolute atomic E-state index is 12.1. The molecule has 5 heteroatoms. The summed E-state index contributed by atoms with van der Waals surface area (Å²) in [6.45, 7) is 5.45. The quantitative estimate of drug-likeness (QED) is 0.806. The van der Waals surface area contributed by atoms with E-state index in [1.165, 1.54) is 12.8 Å². The van der Waals surface area contributed by atoms with Gasteiger partial charge in [-0.3, -0.25) is 4.79 Å². The highest BCUT2D eigenvalue weighted by atomic mass is 16.5. The zero-order chi connectivity index (χ0) is 14.7. The van der Waals surface area contributed by atoms with E-state index in [9.17, 15) is 4.79 Å². The first-order valence-corrected chi connectivity index (χ1v) is 8.14. The van der Waals surface area contributed by atoms with Crippen LogP contribution in [0.2, 0.25) is 0 Å². The van der Waals surface area contributed by atoms with Crippen LogP contribution < -0.4 is 0 Å². The zero-order valence-corrected chi connectivity index (χ0v) is 12.8. The number of imidazole rings is 1. The topological polar surface area (TPSA) is 47.4 Å². The van der Waals surface area contributed by atoms with E-state index in [0.29, 0.717) is 12.5 Å². The number of aromatic nitrogens is 2. The molecule has 1 aliphatic heterocycles. The SMILES string of the molecule is CCOCC(=O)N1CCC[C@@H](c2nccn2CC2CC2)C1.